The molecular formula is C22H17ClN2O2S. The van der Waals surface area contributed by atoms with Crippen molar-refractivity contribution in [2.75, 3.05) is 6.61 Å². The monoisotopic (exact) mass is 408 g/mol. The lowest BCUT2D eigenvalue weighted by Crippen LogP contribution is -2.20. The number of nitrogens with one attached hydrogen (secondary N) is 1. The van der Waals surface area contributed by atoms with Gasteiger partial charge in [-0.05, 0) is 29.8 Å². The summed E-state index contributed by atoms with van der Waals surface area (Å²) in [6.45, 7) is 0.819. The van der Waals surface area contributed by atoms with Crippen LogP contribution in [0.2, 0.25) is 5.02 Å². The van der Waals surface area contributed by atoms with Crippen LogP contribution >= 0.6 is 22.9 Å². The molecule has 1 aliphatic heterocycles. The number of fused-ring (bicyclic) bond motifs is 1. The summed E-state index contributed by atoms with van der Waals surface area (Å²) in [5.41, 5.74) is 3.81. The van der Waals surface area contributed by atoms with Crippen molar-refractivity contribution in [3.8, 4) is 17.0 Å². The quantitative estimate of drug-likeness (QED) is 0.596. The lowest BCUT2D eigenvalue weighted by Gasteiger charge is -2.16. The zero-order chi connectivity index (χ0) is 19.3. The number of hydrogen-bond donors (Lipinski definition) is 1. The van der Waals surface area contributed by atoms with E-state index in [0.717, 1.165) is 33.2 Å². The van der Waals surface area contributed by atoms with E-state index in [0.29, 0.717) is 18.2 Å². The van der Waals surface area contributed by atoms with Gasteiger partial charge in [0.05, 0.1) is 12.2 Å². The van der Waals surface area contributed by atoms with Crippen molar-refractivity contribution in [1.29, 1.82) is 0 Å². The van der Waals surface area contributed by atoms with Crippen LogP contribution in [-0.4, -0.2) is 17.5 Å². The summed E-state index contributed by atoms with van der Waals surface area (Å²) in [4.78, 5) is 16.7. The van der Waals surface area contributed by atoms with Crippen LogP contribution in [0.5, 0.6) is 5.75 Å². The molecule has 0 saturated heterocycles. The number of thiazole rings is 1. The van der Waals surface area contributed by atoms with Crippen LogP contribution in [-0.2, 0) is 11.3 Å². The second kappa shape index (κ2) is 8.42. The maximum atomic E-state index is 12.1. The number of amides is 1. The largest absolute Gasteiger partial charge is 0.488 e. The van der Waals surface area contributed by atoms with Crippen molar-refractivity contribution in [1.82, 2.24) is 10.3 Å². The Morgan fingerprint density at radius 1 is 1.25 bits per heavy atom. The molecular weight excluding hydrogens is 392 g/mol. The van der Waals surface area contributed by atoms with Crippen molar-refractivity contribution >= 4 is 34.9 Å². The highest BCUT2D eigenvalue weighted by atomic mass is 35.5. The Balaban J connectivity index is 1.34. The average molecular weight is 409 g/mol. The first-order valence-corrected chi connectivity index (χ1v) is 10.0. The Morgan fingerprint density at radius 3 is 2.96 bits per heavy atom. The number of carbonyl (C=O) groups is 1. The zero-order valence-corrected chi connectivity index (χ0v) is 16.5. The third-order valence-electron chi connectivity index (χ3n) is 4.19. The normalized spacial score (nSPS) is 13.0. The number of carbonyl (C=O) groups excluding carboxylic acids is 1. The first-order chi connectivity index (χ1) is 13.7. The van der Waals surface area contributed by atoms with Gasteiger partial charge in [0.25, 0.3) is 0 Å². The maximum Gasteiger partial charge on any atom is 0.244 e. The molecule has 2 heterocycles. The minimum absolute atomic E-state index is 0.172. The van der Waals surface area contributed by atoms with Crippen LogP contribution in [0.15, 0.2) is 71.6 Å². The van der Waals surface area contributed by atoms with Crippen molar-refractivity contribution < 1.29 is 9.53 Å². The highest BCUT2D eigenvalue weighted by Crippen LogP contribution is 2.29. The van der Waals surface area contributed by atoms with Crippen LogP contribution in [0, 0.1) is 0 Å². The fourth-order valence-corrected chi connectivity index (χ4v) is 3.72. The zero-order valence-electron chi connectivity index (χ0n) is 14.9. The first kappa shape index (κ1) is 18.5. The molecule has 1 amide bonds. The number of nitrogens with zero attached hydrogens (tertiary/aromatic N) is 1. The molecule has 0 aliphatic carbocycles. The van der Waals surface area contributed by atoms with Crippen LogP contribution < -0.4 is 10.1 Å². The summed E-state index contributed by atoms with van der Waals surface area (Å²) < 4.78 is 5.68. The molecule has 0 radical (unpaired) electrons. The number of benzene rings is 2. The van der Waals surface area contributed by atoms with E-state index in [2.05, 4.69) is 10.3 Å². The number of rotatable bonds is 5. The van der Waals surface area contributed by atoms with Gasteiger partial charge in [-0.15, -0.1) is 11.3 Å². The highest BCUT2D eigenvalue weighted by molar-refractivity contribution is 7.09. The first-order valence-electron chi connectivity index (χ1n) is 8.76. The fraction of sp³-hybridized carbons (Fsp3) is 0.0909. The summed E-state index contributed by atoms with van der Waals surface area (Å²) in [6, 6.07) is 15.5. The molecule has 0 bridgehead atoms. The Morgan fingerprint density at radius 2 is 2.11 bits per heavy atom. The number of hydrogen-bond acceptors (Lipinski definition) is 4. The SMILES string of the molecule is O=C(/C=C/C1=Cc2cc(Cl)ccc2OC1)NCc1nc(-c2ccccc2)cs1. The third-order valence-corrected chi connectivity index (χ3v) is 5.27. The predicted octanol–water partition coefficient (Wildman–Crippen LogP) is 5.11. The Bertz CT molecular complexity index is 1060. The third kappa shape index (κ3) is 4.50. The van der Waals surface area contributed by atoms with Crippen molar-refractivity contribution in [2.45, 2.75) is 6.54 Å². The van der Waals surface area contributed by atoms with E-state index < -0.39 is 0 Å². The minimum Gasteiger partial charge on any atom is -0.488 e. The second-order valence-corrected chi connectivity index (χ2v) is 7.61. The van der Waals surface area contributed by atoms with Gasteiger partial charge in [-0.2, -0.15) is 0 Å². The molecule has 4 rings (SSSR count). The standard InChI is InChI=1S/C22H17ClN2O2S/c23-18-7-8-20-17(11-18)10-15(13-27-20)6-9-21(26)24-12-22-25-19(14-28-22)16-4-2-1-3-5-16/h1-11,14H,12-13H2,(H,24,26)/b9-6+. The topological polar surface area (TPSA) is 51.2 Å². The van der Waals surface area contributed by atoms with Gasteiger partial charge in [-0.3, -0.25) is 4.79 Å². The van der Waals surface area contributed by atoms with Crippen LogP contribution in [0.1, 0.15) is 10.6 Å². The molecule has 1 aromatic heterocycles. The molecule has 0 spiro atoms. The van der Waals surface area contributed by atoms with Gasteiger partial charge in [0.15, 0.2) is 0 Å². The van der Waals surface area contributed by atoms with E-state index in [9.17, 15) is 4.79 Å². The second-order valence-electron chi connectivity index (χ2n) is 6.23. The smallest absolute Gasteiger partial charge is 0.244 e. The minimum atomic E-state index is -0.172. The summed E-state index contributed by atoms with van der Waals surface area (Å²) in [6.07, 6.45) is 5.24. The Kier molecular flexibility index (Phi) is 5.55. The van der Waals surface area contributed by atoms with Gasteiger partial charge in [0.2, 0.25) is 5.91 Å². The lowest BCUT2D eigenvalue weighted by molar-refractivity contribution is -0.116. The Hall–Kier alpha value is -2.89. The molecule has 0 fully saturated rings. The van der Waals surface area contributed by atoms with Crippen LogP contribution in [0.3, 0.4) is 0 Å². The van der Waals surface area contributed by atoms with Gasteiger partial charge in [0, 0.05) is 27.6 Å². The molecule has 0 unspecified atom stereocenters. The molecule has 140 valence electrons. The van der Waals surface area contributed by atoms with Gasteiger partial charge < -0.3 is 10.1 Å². The van der Waals surface area contributed by atoms with Crippen molar-refractivity contribution in [3.05, 3.63) is 87.2 Å². The van der Waals surface area contributed by atoms with Gasteiger partial charge in [-0.1, -0.05) is 48.0 Å². The van der Waals surface area contributed by atoms with E-state index >= 15 is 0 Å². The number of ether oxygens (including phenoxy) is 1. The fourth-order valence-electron chi connectivity index (χ4n) is 2.80. The van der Waals surface area contributed by atoms with Gasteiger partial charge in [-0.25, -0.2) is 4.98 Å². The van der Waals surface area contributed by atoms with E-state index in [1.165, 1.54) is 17.4 Å². The molecule has 4 nitrogen and oxygen atoms in total. The van der Waals surface area contributed by atoms with Crippen LogP contribution in [0.25, 0.3) is 17.3 Å². The molecule has 6 heteroatoms. The molecule has 0 atom stereocenters. The molecule has 28 heavy (non-hydrogen) atoms. The molecule has 1 aliphatic rings. The number of halogens is 1. The summed E-state index contributed by atoms with van der Waals surface area (Å²) in [5, 5.41) is 6.38. The van der Waals surface area contributed by atoms with E-state index in [1.807, 2.05) is 53.9 Å². The Labute approximate surface area is 172 Å². The van der Waals surface area contributed by atoms with E-state index in [4.69, 9.17) is 16.3 Å². The number of aromatic nitrogens is 1. The molecule has 2 aromatic carbocycles. The maximum absolute atomic E-state index is 12.1. The average Bonchev–Trinajstić information content (AvgIpc) is 3.20. The van der Waals surface area contributed by atoms with Crippen molar-refractivity contribution in [2.24, 2.45) is 0 Å². The van der Waals surface area contributed by atoms with Crippen molar-refractivity contribution in [3.63, 3.8) is 0 Å². The summed E-state index contributed by atoms with van der Waals surface area (Å²) in [5.74, 6) is 0.623. The van der Waals surface area contributed by atoms with Gasteiger partial charge >= 0.3 is 0 Å². The molecule has 3 aromatic rings. The molecule has 0 saturated carbocycles. The molecule has 1 N–H and O–H groups in total. The lowest BCUT2D eigenvalue weighted by atomic mass is 10.1. The van der Waals surface area contributed by atoms with Crippen LogP contribution in [0.4, 0.5) is 0 Å². The summed E-state index contributed by atoms with van der Waals surface area (Å²) >= 11 is 7.55. The predicted molar refractivity (Wildman–Crippen MR) is 113 cm³/mol. The highest BCUT2D eigenvalue weighted by Gasteiger charge is 2.10. The van der Waals surface area contributed by atoms with E-state index in [1.54, 1.807) is 12.1 Å². The summed E-state index contributed by atoms with van der Waals surface area (Å²) in [7, 11) is 0. The van der Waals surface area contributed by atoms with E-state index in [-0.39, 0.29) is 5.91 Å². The van der Waals surface area contributed by atoms with Gasteiger partial charge in [0.1, 0.15) is 17.4 Å².